The number of carbonyl (C=O) groups is 2. The maximum Gasteiger partial charge on any atom is 0.415 e. The van der Waals surface area contributed by atoms with Crippen molar-refractivity contribution in [2.75, 3.05) is 6.54 Å². The fourth-order valence-corrected chi connectivity index (χ4v) is 2.36. The van der Waals surface area contributed by atoms with Gasteiger partial charge in [-0.15, -0.1) is 0 Å². The number of hydrogen-bond acceptors (Lipinski definition) is 5. The van der Waals surface area contributed by atoms with E-state index in [4.69, 9.17) is 4.74 Å². The van der Waals surface area contributed by atoms with Crippen LogP contribution in [0.3, 0.4) is 0 Å². The second kappa shape index (κ2) is 7.46. The zero-order valence-electron chi connectivity index (χ0n) is 14.6. The number of ether oxygens (including phenoxy) is 1. The molecule has 24 heavy (non-hydrogen) atoms. The van der Waals surface area contributed by atoms with Crippen molar-refractivity contribution in [1.29, 1.82) is 0 Å². The lowest BCUT2D eigenvalue weighted by molar-refractivity contribution is -0.125. The third-order valence-electron chi connectivity index (χ3n) is 3.41. The molecular weight excluding hydrogens is 310 g/mol. The van der Waals surface area contributed by atoms with E-state index in [-0.39, 0.29) is 5.91 Å². The van der Waals surface area contributed by atoms with Gasteiger partial charge in [0.15, 0.2) is 5.82 Å². The van der Waals surface area contributed by atoms with Crippen LogP contribution >= 0.6 is 0 Å². The van der Waals surface area contributed by atoms with Crippen LogP contribution in [0.25, 0.3) is 0 Å². The summed E-state index contributed by atoms with van der Waals surface area (Å²) in [5, 5.41) is 9.63. The second-order valence-corrected chi connectivity index (χ2v) is 6.74. The first-order chi connectivity index (χ1) is 11.3. The lowest BCUT2D eigenvalue weighted by Gasteiger charge is -2.32. The highest BCUT2D eigenvalue weighted by atomic mass is 16.6. The Balaban J connectivity index is 1.90. The standard InChI is InChI=1S/C16H25N5O3/c1-11-18-13(20-19-11)8-9-17-14(22)12-7-5-6-10-21(12)15(23)24-16(2,3)4/h6,10,12H,5,7-9H2,1-4H3,(H,17,22)(H,18,19,20). The molecule has 1 aliphatic heterocycles. The van der Waals surface area contributed by atoms with Crippen LogP contribution in [0.2, 0.25) is 0 Å². The zero-order valence-corrected chi connectivity index (χ0v) is 14.6. The maximum atomic E-state index is 12.4. The summed E-state index contributed by atoms with van der Waals surface area (Å²) in [6, 6.07) is -0.557. The molecule has 8 nitrogen and oxygen atoms in total. The van der Waals surface area contributed by atoms with Gasteiger partial charge in [0.2, 0.25) is 5.91 Å². The van der Waals surface area contributed by atoms with Crippen molar-refractivity contribution in [2.45, 2.75) is 58.6 Å². The van der Waals surface area contributed by atoms with Crippen LogP contribution in [-0.4, -0.2) is 50.3 Å². The maximum absolute atomic E-state index is 12.4. The summed E-state index contributed by atoms with van der Waals surface area (Å²) >= 11 is 0. The average Bonchev–Trinajstić information content (AvgIpc) is 2.91. The third-order valence-corrected chi connectivity index (χ3v) is 3.41. The lowest BCUT2D eigenvalue weighted by Crippen LogP contribution is -2.49. The Hall–Kier alpha value is -2.38. The minimum absolute atomic E-state index is 0.197. The van der Waals surface area contributed by atoms with Crippen LogP contribution in [0.15, 0.2) is 12.3 Å². The van der Waals surface area contributed by atoms with E-state index in [1.165, 1.54) is 4.90 Å². The van der Waals surface area contributed by atoms with Gasteiger partial charge in [0.1, 0.15) is 17.5 Å². The van der Waals surface area contributed by atoms with E-state index in [1.807, 2.05) is 13.0 Å². The van der Waals surface area contributed by atoms with Crippen molar-refractivity contribution < 1.29 is 14.3 Å². The number of carbonyl (C=O) groups excluding carboxylic acids is 2. The molecular formula is C16H25N5O3. The summed E-state index contributed by atoms with van der Waals surface area (Å²) in [6.45, 7) is 7.63. The summed E-state index contributed by atoms with van der Waals surface area (Å²) in [4.78, 5) is 30.3. The van der Waals surface area contributed by atoms with E-state index in [0.717, 1.165) is 12.2 Å². The summed E-state index contributed by atoms with van der Waals surface area (Å²) < 4.78 is 5.37. The van der Waals surface area contributed by atoms with Gasteiger partial charge in [0.25, 0.3) is 0 Å². The highest BCUT2D eigenvalue weighted by Crippen LogP contribution is 2.19. The first-order valence-corrected chi connectivity index (χ1v) is 8.10. The molecule has 1 atom stereocenters. The molecule has 0 fully saturated rings. The first kappa shape index (κ1) is 18.0. The molecule has 1 aromatic rings. The summed E-state index contributed by atoms with van der Waals surface area (Å²) in [7, 11) is 0. The van der Waals surface area contributed by atoms with Crippen LogP contribution in [0.5, 0.6) is 0 Å². The Labute approximate surface area is 141 Å². The van der Waals surface area contributed by atoms with Crippen LogP contribution in [-0.2, 0) is 16.0 Å². The molecule has 0 bridgehead atoms. The Kier molecular flexibility index (Phi) is 5.58. The van der Waals surface area contributed by atoms with Crippen LogP contribution in [0.4, 0.5) is 4.79 Å². The number of nitrogens with zero attached hydrogens (tertiary/aromatic N) is 3. The van der Waals surface area contributed by atoms with Gasteiger partial charge in [-0.1, -0.05) is 6.08 Å². The van der Waals surface area contributed by atoms with Crippen molar-refractivity contribution in [1.82, 2.24) is 25.4 Å². The molecule has 1 unspecified atom stereocenters. The van der Waals surface area contributed by atoms with E-state index in [1.54, 1.807) is 27.0 Å². The van der Waals surface area contributed by atoms with E-state index in [9.17, 15) is 9.59 Å². The average molecular weight is 335 g/mol. The van der Waals surface area contributed by atoms with Gasteiger partial charge < -0.3 is 10.1 Å². The Morgan fingerprint density at radius 2 is 2.21 bits per heavy atom. The van der Waals surface area contributed by atoms with Crippen LogP contribution in [0, 0.1) is 6.92 Å². The smallest absolute Gasteiger partial charge is 0.415 e. The molecule has 1 aliphatic rings. The Morgan fingerprint density at radius 3 is 2.83 bits per heavy atom. The lowest BCUT2D eigenvalue weighted by atomic mass is 10.1. The topological polar surface area (TPSA) is 100 Å². The molecule has 2 amide bonds. The Bertz CT molecular complexity index is 617. The summed E-state index contributed by atoms with van der Waals surface area (Å²) in [5.74, 6) is 1.20. The van der Waals surface area contributed by atoms with E-state index in [2.05, 4.69) is 20.5 Å². The number of H-pyrrole nitrogens is 1. The van der Waals surface area contributed by atoms with E-state index < -0.39 is 17.7 Å². The molecule has 0 aliphatic carbocycles. The predicted molar refractivity (Wildman–Crippen MR) is 88.1 cm³/mol. The SMILES string of the molecule is Cc1nc(CCNC(=O)C2CCC=CN2C(=O)OC(C)(C)C)n[nH]1. The molecule has 1 aromatic heterocycles. The fourth-order valence-electron chi connectivity index (χ4n) is 2.36. The molecule has 2 rings (SSSR count). The van der Waals surface area contributed by atoms with Gasteiger partial charge in [-0.25, -0.2) is 9.78 Å². The predicted octanol–water partition coefficient (Wildman–Crippen LogP) is 1.69. The number of hydrogen-bond donors (Lipinski definition) is 2. The number of rotatable bonds is 4. The monoisotopic (exact) mass is 335 g/mol. The van der Waals surface area contributed by atoms with E-state index >= 15 is 0 Å². The largest absolute Gasteiger partial charge is 0.443 e. The highest BCUT2D eigenvalue weighted by molar-refractivity contribution is 5.86. The van der Waals surface area contributed by atoms with Crippen molar-refractivity contribution in [3.63, 3.8) is 0 Å². The zero-order chi connectivity index (χ0) is 17.7. The summed E-state index contributed by atoms with van der Waals surface area (Å²) in [6.07, 6.45) is 4.83. The van der Waals surface area contributed by atoms with Crippen LogP contribution in [0.1, 0.15) is 45.3 Å². The molecule has 8 heteroatoms. The molecule has 2 N–H and O–H groups in total. The summed E-state index contributed by atoms with van der Waals surface area (Å²) in [5.41, 5.74) is -0.604. The number of allylic oxidation sites excluding steroid dienone is 1. The number of aromatic nitrogens is 3. The van der Waals surface area contributed by atoms with Crippen molar-refractivity contribution in [3.05, 3.63) is 23.9 Å². The quantitative estimate of drug-likeness (QED) is 0.872. The molecule has 0 aromatic carbocycles. The molecule has 0 saturated carbocycles. The normalized spacial score (nSPS) is 17.7. The minimum Gasteiger partial charge on any atom is -0.443 e. The van der Waals surface area contributed by atoms with Crippen molar-refractivity contribution in [2.24, 2.45) is 0 Å². The first-order valence-electron chi connectivity index (χ1n) is 8.10. The number of amides is 2. The molecule has 0 saturated heterocycles. The van der Waals surface area contributed by atoms with Gasteiger partial charge >= 0.3 is 6.09 Å². The molecule has 132 valence electrons. The van der Waals surface area contributed by atoms with Gasteiger partial charge in [-0.05, 0) is 40.5 Å². The number of nitrogens with one attached hydrogen (secondary N) is 2. The third kappa shape index (κ3) is 5.07. The molecule has 0 radical (unpaired) electrons. The Morgan fingerprint density at radius 1 is 1.46 bits per heavy atom. The molecule has 0 spiro atoms. The van der Waals surface area contributed by atoms with Crippen LogP contribution < -0.4 is 5.32 Å². The molecule has 2 heterocycles. The van der Waals surface area contributed by atoms with Gasteiger partial charge in [-0.2, -0.15) is 5.10 Å². The van der Waals surface area contributed by atoms with Gasteiger partial charge in [0.05, 0.1) is 0 Å². The van der Waals surface area contributed by atoms with Crippen molar-refractivity contribution in [3.8, 4) is 0 Å². The fraction of sp³-hybridized carbons (Fsp3) is 0.625. The second-order valence-electron chi connectivity index (χ2n) is 6.74. The minimum atomic E-state index is -0.604. The highest BCUT2D eigenvalue weighted by Gasteiger charge is 2.32. The van der Waals surface area contributed by atoms with Gasteiger partial charge in [0, 0.05) is 19.2 Å². The van der Waals surface area contributed by atoms with Crippen molar-refractivity contribution >= 4 is 12.0 Å². The van der Waals surface area contributed by atoms with E-state index in [0.29, 0.717) is 25.2 Å². The number of aromatic amines is 1. The van der Waals surface area contributed by atoms with Gasteiger partial charge in [-0.3, -0.25) is 14.8 Å². The number of aryl methyl sites for hydroxylation is 1.